The van der Waals surface area contributed by atoms with Crippen molar-refractivity contribution in [2.45, 2.75) is 16.6 Å². The summed E-state index contributed by atoms with van der Waals surface area (Å²) in [5.74, 6) is -0.528. The van der Waals surface area contributed by atoms with Crippen molar-refractivity contribution in [3.63, 3.8) is 0 Å². The second-order valence-corrected chi connectivity index (χ2v) is 6.13. The summed E-state index contributed by atoms with van der Waals surface area (Å²) in [6, 6.07) is 11.0. The van der Waals surface area contributed by atoms with E-state index in [1.165, 1.54) is 17.6 Å². The van der Waals surface area contributed by atoms with E-state index in [2.05, 4.69) is 10.2 Å². The third kappa shape index (κ3) is 3.60. The number of alkyl halides is 3. The minimum atomic E-state index is -4.48. The molecule has 0 aliphatic heterocycles. The van der Waals surface area contributed by atoms with Crippen molar-refractivity contribution in [2.75, 3.05) is 7.11 Å². The van der Waals surface area contributed by atoms with Crippen LogP contribution in [0, 0.1) is 0 Å². The number of benzene rings is 1. The molecule has 9 heteroatoms. The quantitative estimate of drug-likeness (QED) is 0.519. The Morgan fingerprint density at radius 3 is 2.52 bits per heavy atom. The van der Waals surface area contributed by atoms with Gasteiger partial charge in [0, 0.05) is 6.20 Å². The lowest BCUT2D eigenvalue weighted by Crippen LogP contribution is -2.12. The molecule has 0 aliphatic carbocycles. The number of pyridine rings is 1. The molecule has 0 aliphatic rings. The van der Waals surface area contributed by atoms with Crippen molar-refractivity contribution < 1.29 is 22.7 Å². The molecule has 3 aromatic rings. The Bertz CT molecular complexity index is 897. The van der Waals surface area contributed by atoms with Crippen LogP contribution in [0.5, 0.6) is 0 Å². The SMILES string of the molecule is COC(=O)C(Sc1nnc2ccc(C(F)(F)F)cn12)c1ccccc1. The van der Waals surface area contributed by atoms with E-state index < -0.39 is 23.0 Å². The van der Waals surface area contributed by atoms with Gasteiger partial charge in [0.05, 0.1) is 12.7 Å². The van der Waals surface area contributed by atoms with Crippen LogP contribution < -0.4 is 0 Å². The highest BCUT2D eigenvalue weighted by molar-refractivity contribution is 8.00. The van der Waals surface area contributed by atoms with Gasteiger partial charge in [0.25, 0.3) is 0 Å². The maximum atomic E-state index is 12.9. The van der Waals surface area contributed by atoms with Gasteiger partial charge in [-0.1, -0.05) is 42.1 Å². The van der Waals surface area contributed by atoms with E-state index in [0.29, 0.717) is 5.56 Å². The average Bonchev–Trinajstić information content (AvgIpc) is 3.01. The van der Waals surface area contributed by atoms with E-state index in [0.717, 1.165) is 24.0 Å². The molecule has 0 spiro atoms. The first-order valence-corrected chi connectivity index (χ1v) is 7.99. The fourth-order valence-electron chi connectivity index (χ4n) is 2.21. The summed E-state index contributed by atoms with van der Waals surface area (Å²) in [7, 11) is 1.25. The van der Waals surface area contributed by atoms with E-state index in [-0.39, 0.29) is 10.8 Å². The van der Waals surface area contributed by atoms with Crippen LogP contribution in [0.15, 0.2) is 53.8 Å². The number of aromatic nitrogens is 3. The Morgan fingerprint density at radius 1 is 1.16 bits per heavy atom. The van der Waals surface area contributed by atoms with Crippen LogP contribution in [-0.2, 0) is 15.7 Å². The monoisotopic (exact) mass is 367 g/mol. The number of ether oxygens (including phenoxy) is 1. The van der Waals surface area contributed by atoms with Crippen LogP contribution >= 0.6 is 11.8 Å². The molecule has 0 saturated heterocycles. The number of nitrogens with zero attached hydrogens (tertiary/aromatic N) is 3. The molecule has 0 bridgehead atoms. The Labute approximate surface area is 144 Å². The zero-order valence-corrected chi connectivity index (χ0v) is 13.7. The largest absolute Gasteiger partial charge is 0.468 e. The van der Waals surface area contributed by atoms with Gasteiger partial charge in [-0.3, -0.25) is 9.20 Å². The summed E-state index contributed by atoms with van der Waals surface area (Å²) in [6.07, 6.45) is -3.57. The molecule has 0 saturated carbocycles. The first kappa shape index (κ1) is 17.3. The number of hydrogen-bond donors (Lipinski definition) is 0. The first-order chi connectivity index (χ1) is 11.9. The van der Waals surface area contributed by atoms with Crippen molar-refractivity contribution in [3.8, 4) is 0 Å². The second kappa shape index (κ2) is 6.75. The van der Waals surface area contributed by atoms with E-state index in [1.54, 1.807) is 30.3 Å². The zero-order chi connectivity index (χ0) is 18.0. The molecule has 2 aromatic heterocycles. The Morgan fingerprint density at radius 2 is 1.88 bits per heavy atom. The zero-order valence-electron chi connectivity index (χ0n) is 12.9. The predicted octanol–water partition coefficient (Wildman–Crippen LogP) is 3.75. The highest BCUT2D eigenvalue weighted by Crippen LogP contribution is 2.36. The third-order valence-electron chi connectivity index (χ3n) is 3.44. The summed E-state index contributed by atoms with van der Waals surface area (Å²) in [5.41, 5.74) is 0.0891. The van der Waals surface area contributed by atoms with Gasteiger partial charge in [0.15, 0.2) is 10.8 Å². The van der Waals surface area contributed by atoms with Gasteiger partial charge >= 0.3 is 12.1 Å². The molecule has 3 rings (SSSR count). The van der Waals surface area contributed by atoms with Gasteiger partial charge in [-0.25, -0.2) is 0 Å². The number of thioether (sulfide) groups is 1. The van der Waals surface area contributed by atoms with Crippen LogP contribution in [0.25, 0.3) is 5.65 Å². The normalized spacial score (nSPS) is 13.0. The molecule has 1 unspecified atom stereocenters. The Hall–Kier alpha value is -2.55. The van der Waals surface area contributed by atoms with E-state index in [1.807, 2.05) is 0 Å². The number of carbonyl (C=O) groups is 1. The predicted molar refractivity (Wildman–Crippen MR) is 85.0 cm³/mol. The van der Waals surface area contributed by atoms with Crippen LogP contribution in [0.1, 0.15) is 16.4 Å². The fourth-order valence-corrected chi connectivity index (χ4v) is 3.25. The smallest absolute Gasteiger partial charge is 0.417 e. The number of hydrogen-bond acceptors (Lipinski definition) is 5. The molecule has 0 amide bonds. The van der Waals surface area contributed by atoms with Crippen LogP contribution in [-0.4, -0.2) is 27.7 Å². The average molecular weight is 367 g/mol. The standard InChI is InChI=1S/C16H12F3N3O2S/c1-24-14(23)13(10-5-3-2-4-6-10)25-15-21-20-12-8-7-11(9-22(12)15)16(17,18)19/h2-9,13H,1H3. The third-order valence-corrected chi connectivity index (χ3v) is 4.63. The van der Waals surface area contributed by atoms with Gasteiger partial charge in [-0.05, 0) is 17.7 Å². The van der Waals surface area contributed by atoms with Gasteiger partial charge in [0.2, 0.25) is 0 Å². The van der Waals surface area contributed by atoms with Crippen molar-refractivity contribution in [3.05, 3.63) is 59.8 Å². The molecular formula is C16H12F3N3O2S. The summed E-state index contributed by atoms with van der Waals surface area (Å²) >= 11 is 0.977. The highest BCUT2D eigenvalue weighted by atomic mass is 32.2. The molecule has 1 atom stereocenters. The first-order valence-electron chi connectivity index (χ1n) is 7.11. The number of fused-ring (bicyclic) bond motifs is 1. The molecule has 5 nitrogen and oxygen atoms in total. The topological polar surface area (TPSA) is 56.5 Å². The Kier molecular flexibility index (Phi) is 4.67. The molecular weight excluding hydrogens is 355 g/mol. The van der Waals surface area contributed by atoms with Crippen LogP contribution in [0.2, 0.25) is 0 Å². The van der Waals surface area contributed by atoms with Gasteiger partial charge in [-0.2, -0.15) is 13.2 Å². The summed E-state index contributed by atoms with van der Waals surface area (Å²) in [6.45, 7) is 0. The number of rotatable bonds is 4. The molecule has 0 radical (unpaired) electrons. The summed E-state index contributed by atoms with van der Waals surface area (Å²) in [4.78, 5) is 12.1. The maximum Gasteiger partial charge on any atom is 0.417 e. The van der Waals surface area contributed by atoms with Gasteiger partial charge in [0.1, 0.15) is 5.25 Å². The lowest BCUT2D eigenvalue weighted by atomic mass is 10.1. The lowest BCUT2D eigenvalue weighted by molar-refractivity contribution is -0.140. The Balaban J connectivity index is 2.01. The van der Waals surface area contributed by atoms with Gasteiger partial charge < -0.3 is 4.74 Å². The van der Waals surface area contributed by atoms with Crippen LogP contribution in [0.3, 0.4) is 0 Å². The van der Waals surface area contributed by atoms with Crippen molar-refractivity contribution in [1.82, 2.24) is 14.6 Å². The second-order valence-electron chi connectivity index (χ2n) is 5.06. The molecule has 25 heavy (non-hydrogen) atoms. The maximum absolute atomic E-state index is 12.9. The molecule has 2 heterocycles. The van der Waals surface area contributed by atoms with Crippen molar-refractivity contribution in [1.29, 1.82) is 0 Å². The van der Waals surface area contributed by atoms with E-state index in [4.69, 9.17) is 4.74 Å². The van der Waals surface area contributed by atoms with E-state index >= 15 is 0 Å². The molecule has 0 N–H and O–H groups in total. The van der Waals surface area contributed by atoms with Crippen LogP contribution in [0.4, 0.5) is 13.2 Å². The summed E-state index contributed by atoms with van der Waals surface area (Å²) in [5, 5.41) is 7.14. The number of halogens is 3. The number of esters is 1. The van der Waals surface area contributed by atoms with Gasteiger partial charge in [-0.15, -0.1) is 10.2 Å². The minimum Gasteiger partial charge on any atom is -0.468 e. The lowest BCUT2D eigenvalue weighted by Gasteiger charge is -2.14. The highest BCUT2D eigenvalue weighted by Gasteiger charge is 2.32. The molecule has 1 aromatic carbocycles. The van der Waals surface area contributed by atoms with Crippen molar-refractivity contribution >= 4 is 23.4 Å². The number of carbonyl (C=O) groups excluding carboxylic acids is 1. The van der Waals surface area contributed by atoms with Crippen molar-refractivity contribution in [2.24, 2.45) is 0 Å². The minimum absolute atomic E-state index is 0.167. The molecule has 0 fully saturated rings. The molecule has 130 valence electrons. The van der Waals surface area contributed by atoms with E-state index in [9.17, 15) is 18.0 Å². The number of methoxy groups -OCH3 is 1. The fraction of sp³-hybridized carbons (Fsp3) is 0.188. The summed E-state index contributed by atoms with van der Waals surface area (Å²) < 4.78 is 44.8.